The molecule has 1 fully saturated rings. The number of esters is 1. The van der Waals surface area contributed by atoms with Gasteiger partial charge in [-0.15, -0.1) is 0 Å². The van der Waals surface area contributed by atoms with Gasteiger partial charge in [-0.2, -0.15) is 0 Å². The first-order valence-electron chi connectivity index (χ1n) is 6.69. The number of carbonyl (C=O) groups is 1. The fourth-order valence-corrected chi connectivity index (χ4v) is 3.18. The molecule has 1 N–H and O–H groups in total. The third kappa shape index (κ3) is 3.91. The van der Waals surface area contributed by atoms with Crippen LogP contribution in [-0.2, 0) is 4.74 Å². The Morgan fingerprint density at radius 3 is 3.00 bits per heavy atom. The van der Waals surface area contributed by atoms with E-state index in [1.807, 2.05) is 0 Å². The van der Waals surface area contributed by atoms with Gasteiger partial charge in [-0.3, -0.25) is 0 Å². The third-order valence-corrected chi connectivity index (χ3v) is 4.52. The number of rotatable bonds is 6. The molecule has 0 spiro atoms. The molecule has 1 saturated carbocycles. The molecule has 19 heavy (non-hydrogen) atoms. The lowest BCUT2D eigenvalue weighted by Gasteiger charge is -2.23. The summed E-state index contributed by atoms with van der Waals surface area (Å²) in [5.41, 5.74) is 0. The summed E-state index contributed by atoms with van der Waals surface area (Å²) in [6.45, 7) is 1.85. The number of likely N-dealkylation sites (N-methyl/N-ethyl adjacent to an activating group) is 1. The van der Waals surface area contributed by atoms with Crippen molar-refractivity contribution in [3.05, 3.63) is 11.1 Å². The second kappa shape index (κ2) is 6.86. The van der Waals surface area contributed by atoms with E-state index in [9.17, 15) is 4.79 Å². The molecule has 1 heterocycles. The van der Waals surface area contributed by atoms with Crippen molar-refractivity contribution in [1.29, 1.82) is 0 Å². The van der Waals surface area contributed by atoms with Crippen LogP contribution in [0.15, 0.2) is 6.20 Å². The van der Waals surface area contributed by atoms with Crippen LogP contribution in [0.25, 0.3) is 0 Å². The van der Waals surface area contributed by atoms with E-state index in [4.69, 9.17) is 0 Å². The SMILES string of the molecule is COC(=O)c1cnc(NCCN(C)C2CCCC2)s1. The lowest BCUT2D eigenvalue weighted by atomic mass is 10.2. The van der Waals surface area contributed by atoms with Crippen LogP contribution < -0.4 is 5.32 Å². The number of aromatic nitrogens is 1. The highest BCUT2D eigenvalue weighted by molar-refractivity contribution is 7.17. The largest absolute Gasteiger partial charge is 0.465 e. The van der Waals surface area contributed by atoms with E-state index >= 15 is 0 Å². The molecule has 0 aliphatic heterocycles. The van der Waals surface area contributed by atoms with Crippen molar-refractivity contribution >= 4 is 22.4 Å². The van der Waals surface area contributed by atoms with Crippen molar-refractivity contribution in [1.82, 2.24) is 9.88 Å². The Morgan fingerprint density at radius 2 is 2.32 bits per heavy atom. The Hall–Kier alpha value is -1.14. The zero-order chi connectivity index (χ0) is 13.7. The normalized spacial score (nSPS) is 15.9. The predicted molar refractivity (Wildman–Crippen MR) is 76.8 cm³/mol. The maximum absolute atomic E-state index is 11.3. The van der Waals surface area contributed by atoms with Crippen LogP contribution in [0, 0.1) is 0 Å². The number of ether oxygens (including phenoxy) is 1. The Kier molecular flexibility index (Phi) is 5.15. The summed E-state index contributed by atoms with van der Waals surface area (Å²) >= 11 is 1.33. The fourth-order valence-electron chi connectivity index (χ4n) is 2.42. The van der Waals surface area contributed by atoms with E-state index in [1.54, 1.807) is 6.20 Å². The van der Waals surface area contributed by atoms with E-state index in [2.05, 4.69) is 27.0 Å². The van der Waals surface area contributed by atoms with Gasteiger partial charge in [0.25, 0.3) is 0 Å². The van der Waals surface area contributed by atoms with Gasteiger partial charge in [0.05, 0.1) is 13.3 Å². The quantitative estimate of drug-likeness (QED) is 0.811. The van der Waals surface area contributed by atoms with Crippen molar-refractivity contribution in [3.8, 4) is 0 Å². The number of methoxy groups -OCH3 is 1. The van der Waals surface area contributed by atoms with Crippen LogP contribution in [0.5, 0.6) is 0 Å². The Morgan fingerprint density at radius 1 is 1.58 bits per heavy atom. The molecule has 6 heteroatoms. The number of anilines is 1. The summed E-state index contributed by atoms with van der Waals surface area (Å²) in [5, 5.41) is 4.03. The zero-order valence-electron chi connectivity index (χ0n) is 11.5. The second-order valence-electron chi connectivity index (χ2n) is 4.87. The van der Waals surface area contributed by atoms with E-state index in [0.717, 1.165) is 24.3 Å². The van der Waals surface area contributed by atoms with E-state index < -0.39 is 0 Å². The Balaban J connectivity index is 1.73. The number of hydrogen-bond donors (Lipinski definition) is 1. The molecule has 1 aliphatic rings. The first-order valence-corrected chi connectivity index (χ1v) is 7.50. The van der Waals surface area contributed by atoms with Gasteiger partial charge in [0.15, 0.2) is 5.13 Å². The van der Waals surface area contributed by atoms with E-state index in [0.29, 0.717) is 4.88 Å². The number of carbonyl (C=O) groups excluding carboxylic acids is 1. The molecule has 1 aromatic rings. The van der Waals surface area contributed by atoms with Crippen LogP contribution in [0.2, 0.25) is 0 Å². The maximum Gasteiger partial charge on any atom is 0.349 e. The molecule has 5 nitrogen and oxygen atoms in total. The molecule has 0 radical (unpaired) electrons. The van der Waals surface area contributed by atoms with Crippen molar-refractivity contribution < 1.29 is 9.53 Å². The minimum atomic E-state index is -0.325. The molecule has 1 aromatic heterocycles. The summed E-state index contributed by atoms with van der Waals surface area (Å²) in [4.78, 5) is 18.4. The van der Waals surface area contributed by atoms with Gasteiger partial charge < -0.3 is 15.0 Å². The molecule has 0 bridgehead atoms. The lowest BCUT2D eigenvalue weighted by molar-refractivity contribution is 0.0606. The molecule has 1 aliphatic carbocycles. The highest BCUT2D eigenvalue weighted by atomic mass is 32.1. The zero-order valence-corrected chi connectivity index (χ0v) is 12.3. The van der Waals surface area contributed by atoms with Crippen LogP contribution >= 0.6 is 11.3 Å². The molecule has 0 amide bonds. The van der Waals surface area contributed by atoms with E-state index in [1.165, 1.54) is 44.1 Å². The fraction of sp³-hybridized carbons (Fsp3) is 0.692. The molecule has 106 valence electrons. The highest BCUT2D eigenvalue weighted by Gasteiger charge is 2.19. The second-order valence-corrected chi connectivity index (χ2v) is 5.90. The minimum Gasteiger partial charge on any atom is -0.465 e. The van der Waals surface area contributed by atoms with Crippen molar-refractivity contribution in [2.45, 2.75) is 31.7 Å². The van der Waals surface area contributed by atoms with Gasteiger partial charge in [0.2, 0.25) is 0 Å². The van der Waals surface area contributed by atoms with Crippen LogP contribution in [0.1, 0.15) is 35.4 Å². The molecule has 0 unspecified atom stereocenters. The van der Waals surface area contributed by atoms with Crippen molar-refractivity contribution in [2.24, 2.45) is 0 Å². The van der Waals surface area contributed by atoms with Gasteiger partial charge >= 0.3 is 5.97 Å². The van der Waals surface area contributed by atoms with Gasteiger partial charge in [0.1, 0.15) is 4.88 Å². The van der Waals surface area contributed by atoms with Gasteiger partial charge in [-0.1, -0.05) is 24.2 Å². The molecule has 0 atom stereocenters. The summed E-state index contributed by atoms with van der Waals surface area (Å²) in [6, 6.07) is 0.740. The van der Waals surface area contributed by atoms with Gasteiger partial charge in [0, 0.05) is 19.1 Å². The number of hydrogen-bond acceptors (Lipinski definition) is 6. The summed E-state index contributed by atoms with van der Waals surface area (Å²) in [6.07, 6.45) is 6.91. The van der Waals surface area contributed by atoms with Crippen LogP contribution in [0.4, 0.5) is 5.13 Å². The Bertz CT molecular complexity index is 416. The monoisotopic (exact) mass is 283 g/mol. The van der Waals surface area contributed by atoms with Crippen molar-refractivity contribution in [2.75, 3.05) is 32.6 Å². The smallest absolute Gasteiger partial charge is 0.349 e. The standard InChI is InChI=1S/C13H21N3O2S/c1-16(10-5-3-4-6-10)8-7-14-13-15-9-11(19-13)12(17)18-2/h9-10H,3-8H2,1-2H3,(H,14,15). The summed E-state index contributed by atoms with van der Waals surface area (Å²) < 4.78 is 4.66. The average Bonchev–Trinajstić information content (AvgIpc) is 3.08. The first kappa shape index (κ1) is 14.3. The molecule has 0 aromatic carbocycles. The van der Waals surface area contributed by atoms with Gasteiger partial charge in [-0.05, 0) is 19.9 Å². The molecule has 0 saturated heterocycles. The molecule has 2 rings (SSSR count). The Labute approximate surface area is 118 Å². The molecular formula is C13H21N3O2S. The average molecular weight is 283 g/mol. The third-order valence-electron chi connectivity index (χ3n) is 3.58. The summed E-state index contributed by atoms with van der Waals surface area (Å²) in [5.74, 6) is -0.325. The first-order chi connectivity index (χ1) is 9.20. The molecular weight excluding hydrogens is 262 g/mol. The number of thiazole rings is 1. The van der Waals surface area contributed by atoms with Crippen molar-refractivity contribution in [3.63, 3.8) is 0 Å². The number of nitrogens with one attached hydrogen (secondary N) is 1. The summed E-state index contributed by atoms with van der Waals surface area (Å²) in [7, 11) is 3.56. The lowest BCUT2D eigenvalue weighted by Crippen LogP contribution is -2.33. The van der Waals surface area contributed by atoms with Crippen LogP contribution in [-0.4, -0.2) is 49.1 Å². The van der Waals surface area contributed by atoms with Crippen LogP contribution in [0.3, 0.4) is 0 Å². The maximum atomic E-state index is 11.3. The highest BCUT2D eigenvalue weighted by Crippen LogP contribution is 2.22. The number of nitrogens with zero attached hydrogens (tertiary/aromatic N) is 2. The van der Waals surface area contributed by atoms with Gasteiger partial charge in [-0.25, -0.2) is 9.78 Å². The minimum absolute atomic E-state index is 0.325. The topological polar surface area (TPSA) is 54.5 Å². The predicted octanol–water partition coefficient (Wildman–Crippen LogP) is 2.22. The van der Waals surface area contributed by atoms with E-state index in [-0.39, 0.29) is 5.97 Å².